The zero-order valence-corrected chi connectivity index (χ0v) is 11.6. The summed E-state index contributed by atoms with van der Waals surface area (Å²) >= 11 is 0. The molecule has 0 heterocycles. The molecule has 0 saturated heterocycles. The maximum atomic E-state index is 10.4. The first-order chi connectivity index (χ1) is 8.87. The summed E-state index contributed by atoms with van der Waals surface area (Å²) in [6.45, 7) is 6.95. The SMILES string of the molecule is CC(C)(C)OCCOc1cccc(C=CC(=O)O)c1. The predicted octanol–water partition coefficient (Wildman–Crippen LogP) is 2.98. The minimum atomic E-state index is -0.968. The second-order valence-electron chi connectivity index (χ2n) is 5.05. The molecule has 0 aliphatic carbocycles. The number of rotatable bonds is 6. The minimum Gasteiger partial charge on any atom is -0.491 e. The highest BCUT2D eigenvalue weighted by Gasteiger charge is 2.09. The van der Waals surface area contributed by atoms with Crippen molar-refractivity contribution < 1.29 is 19.4 Å². The van der Waals surface area contributed by atoms with Crippen LogP contribution in [0, 0.1) is 0 Å². The summed E-state index contributed by atoms with van der Waals surface area (Å²) in [6.07, 6.45) is 2.63. The summed E-state index contributed by atoms with van der Waals surface area (Å²) in [6, 6.07) is 7.26. The van der Waals surface area contributed by atoms with E-state index in [0.29, 0.717) is 19.0 Å². The van der Waals surface area contributed by atoms with Crippen LogP contribution in [-0.2, 0) is 9.53 Å². The first-order valence-corrected chi connectivity index (χ1v) is 6.15. The maximum absolute atomic E-state index is 10.4. The van der Waals surface area contributed by atoms with Crippen LogP contribution in [0.4, 0.5) is 0 Å². The fourth-order valence-corrected chi connectivity index (χ4v) is 1.38. The van der Waals surface area contributed by atoms with Crippen LogP contribution in [0.15, 0.2) is 30.3 Å². The highest BCUT2D eigenvalue weighted by molar-refractivity contribution is 5.85. The maximum Gasteiger partial charge on any atom is 0.328 e. The van der Waals surface area contributed by atoms with Gasteiger partial charge in [-0.1, -0.05) is 12.1 Å². The second kappa shape index (κ2) is 6.95. The molecule has 0 aromatic heterocycles. The number of ether oxygens (including phenoxy) is 2. The Bertz CT molecular complexity index is 444. The van der Waals surface area contributed by atoms with Crippen LogP contribution in [0.2, 0.25) is 0 Å². The Morgan fingerprint density at radius 3 is 2.68 bits per heavy atom. The van der Waals surface area contributed by atoms with Crippen LogP contribution in [0.3, 0.4) is 0 Å². The average Bonchev–Trinajstić information content (AvgIpc) is 2.32. The van der Waals surface area contributed by atoms with E-state index in [0.717, 1.165) is 11.6 Å². The standard InChI is InChI=1S/C15H20O4/c1-15(2,3)19-10-9-18-13-6-4-5-12(11-13)7-8-14(16)17/h4-8,11H,9-10H2,1-3H3,(H,16,17). The van der Waals surface area contributed by atoms with Gasteiger partial charge in [0.15, 0.2) is 0 Å². The molecular weight excluding hydrogens is 244 g/mol. The molecule has 1 aromatic carbocycles. The molecule has 0 aliphatic rings. The van der Waals surface area contributed by atoms with Crippen molar-refractivity contribution in [2.45, 2.75) is 26.4 Å². The van der Waals surface area contributed by atoms with E-state index >= 15 is 0 Å². The van der Waals surface area contributed by atoms with E-state index < -0.39 is 5.97 Å². The normalized spacial score (nSPS) is 11.7. The molecule has 0 amide bonds. The van der Waals surface area contributed by atoms with Gasteiger partial charge in [-0.15, -0.1) is 0 Å². The Morgan fingerprint density at radius 2 is 2.05 bits per heavy atom. The summed E-state index contributed by atoms with van der Waals surface area (Å²) in [4.78, 5) is 10.4. The van der Waals surface area contributed by atoms with Crippen molar-refractivity contribution in [1.82, 2.24) is 0 Å². The van der Waals surface area contributed by atoms with E-state index in [1.807, 2.05) is 39.0 Å². The lowest BCUT2D eigenvalue weighted by molar-refractivity contribution is -0.131. The summed E-state index contributed by atoms with van der Waals surface area (Å²) in [5.41, 5.74) is 0.617. The van der Waals surface area contributed by atoms with Crippen LogP contribution >= 0.6 is 0 Å². The average molecular weight is 264 g/mol. The summed E-state index contributed by atoms with van der Waals surface area (Å²) in [5.74, 6) is -0.269. The fraction of sp³-hybridized carbons (Fsp3) is 0.400. The third kappa shape index (κ3) is 7.26. The van der Waals surface area contributed by atoms with E-state index in [9.17, 15) is 4.79 Å². The number of carboxylic acids is 1. The van der Waals surface area contributed by atoms with Crippen molar-refractivity contribution in [2.24, 2.45) is 0 Å². The Kier molecular flexibility index (Phi) is 5.57. The topological polar surface area (TPSA) is 55.8 Å². The Hall–Kier alpha value is -1.81. The number of benzene rings is 1. The molecule has 0 radical (unpaired) electrons. The summed E-state index contributed by atoms with van der Waals surface area (Å²) < 4.78 is 11.1. The zero-order valence-electron chi connectivity index (χ0n) is 11.6. The van der Waals surface area contributed by atoms with E-state index in [2.05, 4.69) is 0 Å². The van der Waals surface area contributed by atoms with Gasteiger partial charge >= 0.3 is 5.97 Å². The predicted molar refractivity (Wildman–Crippen MR) is 74.3 cm³/mol. The number of carbonyl (C=O) groups is 1. The van der Waals surface area contributed by atoms with E-state index in [1.165, 1.54) is 6.08 Å². The first kappa shape index (κ1) is 15.2. The van der Waals surface area contributed by atoms with Gasteiger partial charge in [-0.05, 0) is 44.5 Å². The lowest BCUT2D eigenvalue weighted by Gasteiger charge is -2.19. The lowest BCUT2D eigenvalue weighted by Crippen LogP contribution is -2.22. The molecule has 0 fully saturated rings. The van der Waals surface area contributed by atoms with Crippen LogP contribution in [0.5, 0.6) is 5.75 Å². The fourth-order valence-electron chi connectivity index (χ4n) is 1.38. The van der Waals surface area contributed by atoms with Crippen molar-refractivity contribution in [3.63, 3.8) is 0 Å². The van der Waals surface area contributed by atoms with Gasteiger partial charge in [0.05, 0.1) is 12.2 Å². The number of hydrogen-bond acceptors (Lipinski definition) is 3. The van der Waals surface area contributed by atoms with E-state index in [1.54, 1.807) is 6.07 Å². The van der Waals surface area contributed by atoms with E-state index in [-0.39, 0.29) is 5.60 Å². The van der Waals surface area contributed by atoms with Gasteiger partial charge in [0, 0.05) is 6.08 Å². The number of hydrogen-bond donors (Lipinski definition) is 1. The van der Waals surface area contributed by atoms with Crippen molar-refractivity contribution >= 4 is 12.0 Å². The molecule has 0 unspecified atom stereocenters. The zero-order chi connectivity index (χ0) is 14.3. The summed E-state index contributed by atoms with van der Waals surface area (Å²) in [5, 5.41) is 8.56. The number of aliphatic carboxylic acids is 1. The van der Waals surface area contributed by atoms with Gasteiger partial charge in [0.25, 0.3) is 0 Å². The largest absolute Gasteiger partial charge is 0.491 e. The molecule has 19 heavy (non-hydrogen) atoms. The first-order valence-electron chi connectivity index (χ1n) is 6.15. The number of carboxylic acid groups (broad SMARTS) is 1. The molecule has 1 rings (SSSR count). The molecule has 0 atom stereocenters. The third-order valence-corrected chi connectivity index (χ3v) is 2.16. The second-order valence-corrected chi connectivity index (χ2v) is 5.05. The molecular formula is C15H20O4. The molecule has 1 N–H and O–H groups in total. The van der Waals surface area contributed by atoms with Gasteiger partial charge < -0.3 is 14.6 Å². The molecule has 104 valence electrons. The lowest BCUT2D eigenvalue weighted by atomic mass is 10.2. The molecule has 0 spiro atoms. The van der Waals surface area contributed by atoms with Gasteiger partial charge in [-0.25, -0.2) is 4.79 Å². The summed E-state index contributed by atoms with van der Waals surface area (Å²) in [7, 11) is 0. The molecule has 4 heteroatoms. The van der Waals surface area contributed by atoms with Gasteiger partial charge in [0.2, 0.25) is 0 Å². The highest BCUT2D eigenvalue weighted by Crippen LogP contribution is 2.15. The molecule has 0 bridgehead atoms. The van der Waals surface area contributed by atoms with Crippen molar-refractivity contribution in [3.05, 3.63) is 35.9 Å². The van der Waals surface area contributed by atoms with E-state index in [4.69, 9.17) is 14.6 Å². The Labute approximate surface area is 113 Å². The smallest absolute Gasteiger partial charge is 0.328 e. The molecule has 4 nitrogen and oxygen atoms in total. The molecule has 0 aliphatic heterocycles. The van der Waals surface area contributed by atoms with Crippen molar-refractivity contribution in [2.75, 3.05) is 13.2 Å². The van der Waals surface area contributed by atoms with Crippen LogP contribution in [-0.4, -0.2) is 29.9 Å². The van der Waals surface area contributed by atoms with Gasteiger partial charge in [-0.2, -0.15) is 0 Å². The van der Waals surface area contributed by atoms with Crippen LogP contribution in [0.1, 0.15) is 26.3 Å². The van der Waals surface area contributed by atoms with Crippen molar-refractivity contribution in [3.8, 4) is 5.75 Å². The monoisotopic (exact) mass is 264 g/mol. The quantitative estimate of drug-likeness (QED) is 0.634. The van der Waals surface area contributed by atoms with Crippen LogP contribution < -0.4 is 4.74 Å². The Morgan fingerprint density at radius 1 is 1.32 bits per heavy atom. The van der Waals surface area contributed by atoms with Gasteiger partial charge in [0.1, 0.15) is 12.4 Å². The molecule has 0 saturated carbocycles. The highest BCUT2D eigenvalue weighted by atomic mass is 16.5. The molecule has 1 aromatic rings. The third-order valence-electron chi connectivity index (χ3n) is 2.16. The van der Waals surface area contributed by atoms with Gasteiger partial charge in [-0.3, -0.25) is 0 Å². The minimum absolute atomic E-state index is 0.171. The van der Waals surface area contributed by atoms with Crippen molar-refractivity contribution in [1.29, 1.82) is 0 Å². The Balaban J connectivity index is 2.46. The van der Waals surface area contributed by atoms with Crippen LogP contribution in [0.25, 0.3) is 6.08 Å².